The Kier molecular flexibility index (Phi) is 3.54. The molecule has 5 nitrogen and oxygen atoms in total. The third-order valence-electron chi connectivity index (χ3n) is 4.57. The number of aromatic nitrogens is 3. The van der Waals surface area contributed by atoms with Gasteiger partial charge in [0.15, 0.2) is 5.65 Å². The zero-order chi connectivity index (χ0) is 18.5. The van der Waals surface area contributed by atoms with Crippen molar-refractivity contribution in [2.75, 3.05) is 0 Å². The lowest BCUT2D eigenvalue weighted by molar-refractivity contribution is 0.0696. The van der Waals surface area contributed by atoms with E-state index in [0.717, 1.165) is 16.8 Å². The second-order valence-electron chi connectivity index (χ2n) is 7.42. The first-order valence-electron chi connectivity index (χ1n) is 8.45. The summed E-state index contributed by atoms with van der Waals surface area (Å²) in [6, 6.07) is 13.9. The van der Waals surface area contributed by atoms with Gasteiger partial charge in [-0.1, -0.05) is 45.0 Å². The Morgan fingerprint density at radius 2 is 1.85 bits per heavy atom. The van der Waals surface area contributed by atoms with Gasteiger partial charge in [0.1, 0.15) is 5.52 Å². The van der Waals surface area contributed by atoms with Gasteiger partial charge in [-0.15, -0.1) is 0 Å². The van der Waals surface area contributed by atoms with Gasteiger partial charge < -0.3 is 5.11 Å². The number of pyridine rings is 1. The number of carboxylic acid groups (broad SMARTS) is 1. The van der Waals surface area contributed by atoms with Crippen LogP contribution in [0.1, 0.15) is 36.7 Å². The lowest BCUT2D eigenvalue weighted by Gasteiger charge is -2.19. The average molecular weight is 345 g/mol. The van der Waals surface area contributed by atoms with Gasteiger partial charge >= 0.3 is 5.97 Å². The molecular weight excluding hydrogens is 326 g/mol. The number of carboxylic acids is 1. The maximum atomic E-state index is 11.3. The van der Waals surface area contributed by atoms with Crippen LogP contribution < -0.4 is 0 Å². The summed E-state index contributed by atoms with van der Waals surface area (Å²) in [5.74, 6) is -1.01. The van der Waals surface area contributed by atoms with Crippen LogP contribution in [-0.4, -0.2) is 25.4 Å². The molecule has 1 aromatic carbocycles. The van der Waals surface area contributed by atoms with Gasteiger partial charge in [0, 0.05) is 18.0 Å². The predicted octanol–water partition coefficient (Wildman–Crippen LogP) is 4.55. The number of fused-ring (bicyclic) bond motifs is 3. The second-order valence-corrected chi connectivity index (χ2v) is 7.42. The molecule has 0 spiro atoms. The van der Waals surface area contributed by atoms with E-state index in [1.165, 1.54) is 11.8 Å². The van der Waals surface area contributed by atoms with E-state index in [1.807, 2.05) is 22.7 Å². The predicted molar refractivity (Wildman–Crippen MR) is 102 cm³/mol. The molecule has 130 valence electrons. The van der Waals surface area contributed by atoms with E-state index in [1.54, 1.807) is 6.07 Å². The summed E-state index contributed by atoms with van der Waals surface area (Å²) >= 11 is 0. The highest BCUT2D eigenvalue weighted by Gasteiger charge is 2.16. The molecule has 0 bridgehead atoms. The Balaban J connectivity index is 1.95. The zero-order valence-corrected chi connectivity index (χ0v) is 14.9. The Bertz CT molecular complexity index is 1140. The summed E-state index contributed by atoms with van der Waals surface area (Å²) in [4.78, 5) is 20.3. The number of carbonyl (C=O) groups is 1. The van der Waals surface area contributed by atoms with E-state index in [-0.39, 0.29) is 11.0 Å². The van der Waals surface area contributed by atoms with Gasteiger partial charge in [-0.3, -0.25) is 4.40 Å². The van der Waals surface area contributed by atoms with Crippen molar-refractivity contribution in [3.63, 3.8) is 0 Å². The van der Waals surface area contributed by atoms with Gasteiger partial charge in [0.2, 0.25) is 0 Å². The summed E-state index contributed by atoms with van der Waals surface area (Å²) in [7, 11) is 0. The topological polar surface area (TPSA) is 67.5 Å². The van der Waals surface area contributed by atoms with E-state index in [4.69, 9.17) is 4.98 Å². The number of nitrogens with zero attached hydrogens (tertiary/aromatic N) is 3. The number of hydrogen-bond acceptors (Lipinski definition) is 3. The molecule has 3 aromatic heterocycles. The first-order valence-corrected chi connectivity index (χ1v) is 8.45. The minimum atomic E-state index is -1.01. The fourth-order valence-corrected chi connectivity index (χ4v) is 3.11. The summed E-state index contributed by atoms with van der Waals surface area (Å²) in [5, 5.41) is 9.24. The van der Waals surface area contributed by atoms with Crippen LogP contribution >= 0.6 is 0 Å². The molecule has 0 saturated heterocycles. The lowest BCUT2D eigenvalue weighted by atomic mass is 9.86. The molecule has 3 heterocycles. The highest BCUT2D eigenvalue weighted by atomic mass is 16.4. The molecule has 0 fully saturated rings. The molecule has 1 N–H and O–H groups in total. The molecule has 0 amide bonds. The van der Waals surface area contributed by atoms with Crippen molar-refractivity contribution in [2.45, 2.75) is 26.2 Å². The second kappa shape index (κ2) is 5.66. The molecule has 0 radical (unpaired) electrons. The Morgan fingerprint density at radius 1 is 1.12 bits per heavy atom. The first-order chi connectivity index (χ1) is 12.3. The summed E-state index contributed by atoms with van der Waals surface area (Å²) in [6.45, 7) is 6.54. The molecule has 5 heteroatoms. The van der Waals surface area contributed by atoms with E-state index in [2.05, 4.69) is 50.0 Å². The standard InChI is InChI=1S/C21H19N3O2/c1-21(2,3)15-8-6-13(7-9-15)18-17-5-4-10-24(17)19-16(23-18)11-14(12-22-19)20(25)26/h4-12H,1-3H3,(H,25,26). The maximum Gasteiger partial charge on any atom is 0.337 e. The van der Waals surface area contributed by atoms with E-state index < -0.39 is 5.97 Å². The number of benzene rings is 1. The zero-order valence-electron chi connectivity index (χ0n) is 14.9. The van der Waals surface area contributed by atoms with Gasteiger partial charge in [-0.2, -0.15) is 0 Å². The highest BCUT2D eigenvalue weighted by molar-refractivity contribution is 5.92. The fraction of sp³-hybridized carbons (Fsp3) is 0.190. The normalized spacial score (nSPS) is 12.0. The van der Waals surface area contributed by atoms with Crippen molar-refractivity contribution in [2.24, 2.45) is 0 Å². The van der Waals surface area contributed by atoms with Crippen LogP contribution in [0.25, 0.3) is 27.9 Å². The molecule has 26 heavy (non-hydrogen) atoms. The maximum absolute atomic E-state index is 11.3. The van der Waals surface area contributed by atoms with Crippen LogP contribution in [0, 0.1) is 0 Å². The highest BCUT2D eigenvalue weighted by Crippen LogP contribution is 2.29. The SMILES string of the molecule is CC(C)(C)c1ccc(-c2nc3cc(C(=O)O)cnc3n3cccc23)cc1. The van der Waals surface area contributed by atoms with Crippen molar-refractivity contribution < 1.29 is 9.90 Å². The third-order valence-corrected chi connectivity index (χ3v) is 4.57. The average Bonchev–Trinajstić information content (AvgIpc) is 3.09. The van der Waals surface area contributed by atoms with Crippen LogP contribution in [0.15, 0.2) is 54.9 Å². The van der Waals surface area contributed by atoms with Crippen LogP contribution in [0.5, 0.6) is 0 Å². The van der Waals surface area contributed by atoms with Crippen molar-refractivity contribution in [1.29, 1.82) is 0 Å². The third kappa shape index (κ3) is 2.62. The quantitative estimate of drug-likeness (QED) is 0.579. The Labute approximate surface area is 151 Å². The van der Waals surface area contributed by atoms with Crippen LogP contribution in [0.3, 0.4) is 0 Å². The van der Waals surface area contributed by atoms with Gasteiger partial charge in [-0.25, -0.2) is 14.8 Å². The number of aromatic carboxylic acids is 1. The minimum Gasteiger partial charge on any atom is -0.478 e. The van der Waals surface area contributed by atoms with Crippen LogP contribution in [0.2, 0.25) is 0 Å². The number of rotatable bonds is 2. The van der Waals surface area contributed by atoms with E-state index in [9.17, 15) is 9.90 Å². The smallest absolute Gasteiger partial charge is 0.337 e. The van der Waals surface area contributed by atoms with E-state index in [0.29, 0.717) is 11.2 Å². The molecule has 0 unspecified atom stereocenters. The molecule has 0 aliphatic rings. The molecule has 0 aliphatic carbocycles. The van der Waals surface area contributed by atoms with Crippen molar-refractivity contribution in [1.82, 2.24) is 14.4 Å². The minimum absolute atomic E-state index is 0.0834. The summed E-state index contributed by atoms with van der Waals surface area (Å²) in [6.07, 6.45) is 3.28. The monoisotopic (exact) mass is 345 g/mol. The van der Waals surface area contributed by atoms with Crippen LogP contribution in [-0.2, 0) is 5.41 Å². The lowest BCUT2D eigenvalue weighted by Crippen LogP contribution is -2.10. The molecule has 0 atom stereocenters. The molecule has 0 saturated carbocycles. The van der Waals surface area contributed by atoms with Crippen molar-refractivity contribution >= 4 is 22.6 Å². The van der Waals surface area contributed by atoms with Gasteiger partial charge in [0.25, 0.3) is 0 Å². The van der Waals surface area contributed by atoms with Gasteiger partial charge in [-0.05, 0) is 29.2 Å². The van der Waals surface area contributed by atoms with Crippen LogP contribution in [0.4, 0.5) is 0 Å². The molecular formula is C21H19N3O2. The molecule has 0 aliphatic heterocycles. The van der Waals surface area contributed by atoms with E-state index >= 15 is 0 Å². The van der Waals surface area contributed by atoms with Gasteiger partial charge in [0.05, 0.1) is 16.8 Å². The summed E-state index contributed by atoms with van der Waals surface area (Å²) < 4.78 is 1.95. The van der Waals surface area contributed by atoms with Crippen molar-refractivity contribution in [3.8, 4) is 11.3 Å². The Hall–Kier alpha value is -3.21. The largest absolute Gasteiger partial charge is 0.478 e. The van der Waals surface area contributed by atoms with Crippen molar-refractivity contribution in [3.05, 3.63) is 66.0 Å². The fourth-order valence-electron chi connectivity index (χ4n) is 3.11. The molecule has 4 aromatic rings. The Morgan fingerprint density at radius 3 is 2.50 bits per heavy atom. The number of hydrogen-bond donors (Lipinski definition) is 1. The molecule has 4 rings (SSSR count). The summed E-state index contributed by atoms with van der Waals surface area (Å²) in [5.41, 5.74) is 5.41. The first kappa shape index (κ1) is 16.3.